The first-order valence-electron chi connectivity index (χ1n) is 5.98. The van der Waals surface area contributed by atoms with Crippen LogP contribution in [0.4, 0.5) is 0 Å². The molecular formula is C12H24N2O3. The van der Waals surface area contributed by atoms with Gasteiger partial charge in [0.25, 0.3) is 0 Å². The summed E-state index contributed by atoms with van der Waals surface area (Å²) in [4.78, 5) is 25.7. The van der Waals surface area contributed by atoms with Gasteiger partial charge in [0.2, 0.25) is 11.8 Å². The van der Waals surface area contributed by atoms with E-state index in [1.165, 1.54) is 0 Å². The Bertz CT molecular complexity index is 260. The third-order valence-electron chi connectivity index (χ3n) is 2.74. The molecule has 17 heavy (non-hydrogen) atoms. The average molecular weight is 244 g/mol. The summed E-state index contributed by atoms with van der Waals surface area (Å²) in [6.45, 7) is 9.20. The molecule has 0 atom stereocenters. The van der Waals surface area contributed by atoms with E-state index in [1.54, 1.807) is 25.9 Å². The fraction of sp³-hybridized carbons (Fsp3) is 0.833. The first-order chi connectivity index (χ1) is 7.91. The van der Waals surface area contributed by atoms with Crippen LogP contribution >= 0.6 is 0 Å². The molecule has 2 amide bonds. The Hall–Kier alpha value is -1.10. The van der Waals surface area contributed by atoms with E-state index in [0.29, 0.717) is 26.2 Å². The van der Waals surface area contributed by atoms with Crippen LogP contribution in [0.25, 0.3) is 0 Å². The largest absolute Gasteiger partial charge is 0.383 e. The third kappa shape index (κ3) is 4.34. The van der Waals surface area contributed by atoms with Crippen molar-refractivity contribution in [1.29, 1.82) is 0 Å². The second kappa shape index (κ2) is 7.27. The number of nitrogens with zero attached hydrogens (tertiary/aromatic N) is 1. The van der Waals surface area contributed by atoms with Crippen molar-refractivity contribution in [1.82, 2.24) is 10.2 Å². The standard InChI is InChI=1S/C12H24N2O3/c1-6-14(7-2)11(16)12(3,4)10(15)13-8-9-17-5/h6-9H2,1-5H3,(H,13,15). The molecule has 0 saturated carbocycles. The molecular weight excluding hydrogens is 220 g/mol. The van der Waals surface area contributed by atoms with Crippen LogP contribution in [0.1, 0.15) is 27.7 Å². The van der Waals surface area contributed by atoms with Gasteiger partial charge in [-0.3, -0.25) is 9.59 Å². The van der Waals surface area contributed by atoms with Gasteiger partial charge >= 0.3 is 0 Å². The van der Waals surface area contributed by atoms with E-state index in [-0.39, 0.29) is 11.8 Å². The Labute approximate surface area is 103 Å². The van der Waals surface area contributed by atoms with Crippen molar-refractivity contribution in [3.8, 4) is 0 Å². The Morgan fingerprint density at radius 2 is 1.76 bits per heavy atom. The summed E-state index contributed by atoms with van der Waals surface area (Å²) in [7, 11) is 1.57. The number of carbonyl (C=O) groups excluding carboxylic acids is 2. The van der Waals surface area contributed by atoms with Gasteiger partial charge in [-0.25, -0.2) is 0 Å². The zero-order valence-electron chi connectivity index (χ0n) is 11.5. The van der Waals surface area contributed by atoms with Gasteiger partial charge in [-0.05, 0) is 27.7 Å². The quantitative estimate of drug-likeness (QED) is 0.528. The molecule has 5 heteroatoms. The topological polar surface area (TPSA) is 58.6 Å². The van der Waals surface area contributed by atoms with E-state index in [4.69, 9.17) is 4.74 Å². The van der Waals surface area contributed by atoms with Crippen molar-refractivity contribution in [3.63, 3.8) is 0 Å². The monoisotopic (exact) mass is 244 g/mol. The summed E-state index contributed by atoms with van der Waals surface area (Å²) in [5.74, 6) is -0.399. The minimum atomic E-state index is -1.03. The first kappa shape index (κ1) is 15.9. The molecule has 0 fully saturated rings. The SMILES string of the molecule is CCN(CC)C(=O)C(C)(C)C(=O)NCCOC. The van der Waals surface area contributed by atoms with Crippen molar-refractivity contribution < 1.29 is 14.3 Å². The lowest BCUT2D eigenvalue weighted by molar-refractivity contribution is -0.148. The van der Waals surface area contributed by atoms with Gasteiger partial charge in [0.1, 0.15) is 5.41 Å². The number of hydrogen-bond donors (Lipinski definition) is 1. The molecule has 0 unspecified atom stereocenters. The molecule has 100 valence electrons. The zero-order chi connectivity index (χ0) is 13.5. The van der Waals surface area contributed by atoms with Gasteiger partial charge in [0, 0.05) is 26.7 Å². The van der Waals surface area contributed by atoms with Crippen LogP contribution in [0.3, 0.4) is 0 Å². The zero-order valence-corrected chi connectivity index (χ0v) is 11.5. The van der Waals surface area contributed by atoms with Crippen molar-refractivity contribution >= 4 is 11.8 Å². The van der Waals surface area contributed by atoms with Crippen LogP contribution in [0.5, 0.6) is 0 Å². The Morgan fingerprint density at radius 3 is 2.18 bits per heavy atom. The molecule has 0 radical (unpaired) electrons. The van der Waals surface area contributed by atoms with E-state index < -0.39 is 5.41 Å². The van der Waals surface area contributed by atoms with Crippen LogP contribution < -0.4 is 5.32 Å². The van der Waals surface area contributed by atoms with E-state index >= 15 is 0 Å². The van der Waals surface area contributed by atoms with Gasteiger partial charge in [0.05, 0.1) is 6.61 Å². The highest BCUT2D eigenvalue weighted by molar-refractivity contribution is 6.04. The minimum Gasteiger partial charge on any atom is -0.383 e. The molecule has 0 aromatic carbocycles. The maximum atomic E-state index is 12.1. The summed E-state index contributed by atoms with van der Waals surface area (Å²) in [6, 6.07) is 0. The molecule has 0 rings (SSSR count). The summed E-state index contributed by atoms with van der Waals surface area (Å²) in [6.07, 6.45) is 0. The van der Waals surface area contributed by atoms with Gasteiger partial charge in [-0.15, -0.1) is 0 Å². The average Bonchev–Trinajstić information content (AvgIpc) is 2.30. The summed E-state index contributed by atoms with van der Waals surface area (Å²) in [5.41, 5.74) is -1.03. The van der Waals surface area contributed by atoms with E-state index in [1.807, 2.05) is 13.8 Å². The molecule has 0 spiro atoms. The smallest absolute Gasteiger partial charge is 0.237 e. The van der Waals surface area contributed by atoms with Crippen LogP contribution in [0.15, 0.2) is 0 Å². The fourth-order valence-electron chi connectivity index (χ4n) is 1.49. The van der Waals surface area contributed by atoms with E-state index in [9.17, 15) is 9.59 Å². The van der Waals surface area contributed by atoms with Crippen molar-refractivity contribution in [2.24, 2.45) is 5.41 Å². The third-order valence-corrected chi connectivity index (χ3v) is 2.74. The molecule has 0 aromatic rings. The number of amides is 2. The lowest BCUT2D eigenvalue weighted by Crippen LogP contribution is -2.50. The van der Waals surface area contributed by atoms with Crippen LogP contribution in [-0.2, 0) is 14.3 Å². The number of methoxy groups -OCH3 is 1. The minimum absolute atomic E-state index is 0.141. The van der Waals surface area contributed by atoms with Crippen molar-refractivity contribution in [2.45, 2.75) is 27.7 Å². The molecule has 0 saturated heterocycles. The molecule has 0 aliphatic carbocycles. The summed E-state index contributed by atoms with van der Waals surface area (Å²) >= 11 is 0. The number of nitrogens with one attached hydrogen (secondary N) is 1. The predicted molar refractivity (Wildman–Crippen MR) is 66.6 cm³/mol. The summed E-state index contributed by atoms with van der Waals surface area (Å²) in [5, 5.41) is 2.70. The fourth-order valence-corrected chi connectivity index (χ4v) is 1.49. The van der Waals surface area contributed by atoms with Gasteiger partial charge in [-0.2, -0.15) is 0 Å². The van der Waals surface area contributed by atoms with Gasteiger partial charge in [0.15, 0.2) is 0 Å². The van der Waals surface area contributed by atoms with Crippen LogP contribution in [0, 0.1) is 5.41 Å². The number of hydrogen-bond acceptors (Lipinski definition) is 3. The molecule has 0 bridgehead atoms. The lowest BCUT2D eigenvalue weighted by atomic mass is 9.90. The Kier molecular flexibility index (Phi) is 6.80. The van der Waals surface area contributed by atoms with Crippen molar-refractivity contribution in [3.05, 3.63) is 0 Å². The highest BCUT2D eigenvalue weighted by Gasteiger charge is 2.38. The second-order valence-electron chi connectivity index (χ2n) is 4.35. The van der Waals surface area contributed by atoms with Crippen LogP contribution in [-0.4, -0.2) is 50.1 Å². The maximum absolute atomic E-state index is 12.1. The number of carbonyl (C=O) groups is 2. The number of rotatable bonds is 7. The normalized spacial score (nSPS) is 11.1. The number of ether oxygens (including phenoxy) is 1. The molecule has 0 heterocycles. The van der Waals surface area contributed by atoms with E-state index in [0.717, 1.165) is 0 Å². The lowest BCUT2D eigenvalue weighted by Gasteiger charge is -2.29. The highest BCUT2D eigenvalue weighted by Crippen LogP contribution is 2.19. The molecule has 1 N–H and O–H groups in total. The first-order valence-corrected chi connectivity index (χ1v) is 5.98. The van der Waals surface area contributed by atoms with Gasteiger partial charge < -0.3 is 15.0 Å². The van der Waals surface area contributed by atoms with Crippen molar-refractivity contribution in [2.75, 3.05) is 33.4 Å². The molecule has 0 aromatic heterocycles. The summed E-state index contributed by atoms with van der Waals surface area (Å²) < 4.78 is 4.85. The molecule has 5 nitrogen and oxygen atoms in total. The highest BCUT2D eigenvalue weighted by atomic mass is 16.5. The predicted octanol–water partition coefficient (Wildman–Crippen LogP) is 0.644. The van der Waals surface area contributed by atoms with Gasteiger partial charge in [-0.1, -0.05) is 0 Å². The Morgan fingerprint density at radius 1 is 1.24 bits per heavy atom. The molecule has 0 aliphatic heterocycles. The van der Waals surface area contributed by atoms with Crippen LogP contribution in [0.2, 0.25) is 0 Å². The second-order valence-corrected chi connectivity index (χ2v) is 4.35. The Balaban J connectivity index is 4.52. The maximum Gasteiger partial charge on any atom is 0.237 e. The molecule has 0 aliphatic rings. The van der Waals surface area contributed by atoms with E-state index in [2.05, 4.69) is 5.32 Å².